The number of nitrogens with zero attached hydrogens (tertiary/aromatic N) is 1. The highest BCUT2D eigenvalue weighted by atomic mass is 16.5. The molecule has 2 amide bonds. The largest absolute Gasteiger partial charge is 0.463 e. The van der Waals surface area contributed by atoms with Crippen molar-refractivity contribution >= 4 is 17.8 Å². The maximum atomic E-state index is 13.9. The lowest BCUT2D eigenvalue weighted by Crippen LogP contribution is -2.58. The molecule has 3 atom stereocenters. The molecule has 1 N–H and O–H groups in total. The SMILES string of the molecule is C=CC[C@H](C(=O)N[C@H](C(=O)N(C)[C@H](C=C(C)C(=O)OCC)C(C)C)C(C)(C)C)C(C)(C)c1ccccc1. The number of likely N-dealkylation sites (N-methyl/N-ethyl adjacent to an activating group) is 1. The van der Waals surface area contributed by atoms with Crippen LogP contribution in [0.25, 0.3) is 0 Å². The number of rotatable bonds is 12. The Labute approximate surface area is 224 Å². The number of ether oxygens (including phenoxy) is 1. The third kappa shape index (κ3) is 8.58. The van der Waals surface area contributed by atoms with Crippen LogP contribution in [0.4, 0.5) is 0 Å². The van der Waals surface area contributed by atoms with Crippen molar-refractivity contribution in [1.29, 1.82) is 0 Å². The standard InChI is InChI=1S/C31H48N2O4/c1-12-17-24(31(9,10)23-18-15-14-16-19-23)27(34)32-26(30(6,7)8)28(35)33(11)25(21(3)4)20-22(5)29(36)37-13-2/h12,14-16,18-21,24-26H,1,13,17H2,2-11H3,(H,32,34)/t24-,25-,26-/m1/s1. The average molecular weight is 513 g/mol. The van der Waals surface area contributed by atoms with Crippen molar-refractivity contribution in [3.63, 3.8) is 0 Å². The minimum Gasteiger partial charge on any atom is -0.463 e. The molecule has 0 aliphatic heterocycles. The number of nitrogens with one attached hydrogen (secondary N) is 1. The molecule has 206 valence electrons. The molecule has 0 fully saturated rings. The van der Waals surface area contributed by atoms with Gasteiger partial charge in [0, 0.05) is 18.0 Å². The van der Waals surface area contributed by atoms with Crippen LogP contribution in [0.3, 0.4) is 0 Å². The number of allylic oxidation sites excluding steroid dienone is 1. The summed E-state index contributed by atoms with van der Waals surface area (Å²) in [7, 11) is 1.72. The van der Waals surface area contributed by atoms with E-state index in [1.807, 2.05) is 78.8 Å². The minimum atomic E-state index is -0.763. The van der Waals surface area contributed by atoms with Crippen LogP contribution in [0.15, 0.2) is 54.6 Å². The summed E-state index contributed by atoms with van der Waals surface area (Å²) in [6.07, 6.45) is 4.01. The van der Waals surface area contributed by atoms with Gasteiger partial charge in [0.15, 0.2) is 0 Å². The first-order valence-corrected chi connectivity index (χ1v) is 13.2. The molecule has 1 aromatic rings. The molecule has 37 heavy (non-hydrogen) atoms. The van der Waals surface area contributed by atoms with Crippen LogP contribution in [0, 0.1) is 17.3 Å². The number of hydrogen-bond donors (Lipinski definition) is 1. The molecular formula is C31H48N2O4. The molecule has 0 radical (unpaired) electrons. The van der Waals surface area contributed by atoms with Crippen molar-refractivity contribution in [3.05, 3.63) is 60.2 Å². The first-order chi connectivity index (χ1) is 17.1. The minimum absolute atomic E-state index is 0.0418. The van der Waals surface area contributed by atoms with E-state index in [1.54, 1.807) is 37.9 Å². The van der Waals surface area contributed by atoms with Gasteiger partial charge in [-0.3, -0.25) is 9.59 Å². The molecule has 0 saturated heterocycles. The van der Waals surface area contributed by atoms with E-state index in [-0.39, 0.29) is 30.4 Å². The van der Waals surface area contributed by atoms with Crippen LogP contribution in [-0.2, 0) is 24.5 Å². The Morgan fingerprint density at radius 2 is 1.65 bits per heavy atom. The smallest absolute Gasteiger partial charge is 0.333 e. The normalized spacial score (nSPS) is 14.9. The Kier molecular flexibility index (Phi) is 11.8. The summed E-state index contributed by atoms with van der Waals surface area (Å²) in [5.74, 6) is -1.16. The molecule has 6 heteroatoms. The summed E-state index contributed by atoms with van der Waals surface area (Å²) >= 11 is 0. The lowest BCUT2D eigenvalue weighted by molar-refractivity contribution is -0.141. The van der Waals surface area contributed by atoms with Crippen molar-refractivity contribution in [2.24, 2.45) is 17.3 Å². The highest BCUT2D eigenvalue weighted by Crippen LogP contribution is 2.35. The number of carbonyl (C=O) groups is 3. The Morgan fingerprint density at radius 1 is 1.08 bits per heavy atom. The number of hydrogen-bond acceptors (Lipinski definition) is 4. The Hall–Kier alpha value is -2.89. The van der Waals surface area contributed by atoms with Crippen molar-refractivity contribution in [2.75, 3.05) is 13.7 Å². The van der Waals surface area contributed by atoms with E-state index in [1.165, 1.54) is 0 Å². The Balaban J connectivity index is 3.34. The monoisotopic (exact) mass is 512 g/mol. The summed E-state index contributed by atoms with van der Waals surface area (Å²) in [5, 5.41) is 3.10. The molecule has 0 heterocycles. The molecule has 0 bridgehead atoms. The predicted octanol–water partition coefficient (Wildman–Crippen LogP) is 5.68. The number of carbonyl (C=O) groups excluding carboxylic acids is 3. The molecule has 0 aliphatic rings. The second-order valence-corrected chi connectivity index (χ2v) is 11.7. The van der Waals surface area contributed by atoms with Gasteiger partial charge in [-0.2, -0.15) is 0 Å². The van der Waals surface area contributed by atoms with Gasteiger partial charge in [0.05, 0.1) is 18.6 Å². The highest BCUT2D eigenvalue weighted by Gasteiger charge is 2.41. The van der Waals surface area contributed by atoms with Crippen molar-refractivity contribution in [3.8, 4) is 0 Å². The zero-order valence-electron chi connectivity index (χ0n) is 24.6. The first kappa shape index (κ1) is 32.1. The van der Waals surface area contributed by atoms with Gasteiger partial charge in [0.1, 0.15) is 6.04 Å². The van der Waals surface area contributed by atoms with Gasteiger partial charge in [0.25, 0.3) is 0 Å². The van der Waals surface area contributed by atoms with Crippen LogP contribution < -0.4 is 5.32 Å². The Bertz CT molecular complexity index is 957. The van der Waals surface area contributed by atoms with Gasteiger partial charge in [-0.05, 0) is 37.2 Å². The third-order valence-corrected chi connectivity index (χ3v) is 7.00. The van der Waals surface area contributed by atoms with Crippen LogP contribution >= 0.6 is 0 Å². The van der Waals surface area contributed by atoms with Crippen molar-refractivity contribution in [2.45, 2.75) is 86.2 Å². The number of benzene rings is 1. The Morgan fingerprint density at radius 3 is 2.11 bits per heavy atom. The zero-order valence-corrected chi connectivity index (χ0v) is 24.6. The van der Waals surface area contributed by atoms with Crippen LogP contribution in [0.1, 0.15) is 74.3 Å². The van der Waals surface area contributed by atoms with E-state index in [2.05, 4.69) is 11.9 Å². The number of amides is 2. The molecule has 1 aromatic carbocycles. The lowest BCUT2D eigenvalue weighted by atomic mass is 9.71. The second-order valence-electron chi connectivity index (χ2n) is 11.7. The maximum Gasteiger partial charge on any atom is 0.333 e. The van der Waals surface area contributed by atoms with Gasteiger partial charge in [-0.1, -0.05) is 91.0 Å². The second kappa shape index (κ2) is 13.6. The van der Waals surface area contributed by atoms with Crippen LogP contribution in [0.5, 0.6) is 0 Å². The van der Waals surface area contributed by atoms with Gasteiger partial charge < -0.3 is 15.0 Å². The molecule has 0 spiro atoms. The average Bonchev–Trinajstić information content (AvgIpc) is 2.82. The fourth-order valence-electron chi connectivity index (χ4n) is 4.53. The summed E-state index contributed by atoms with van der Waals surface area (Å²) in [4.78, 5) is 41.5. The van der Waals surface area contributed by atoms with Gasteiger partial charge in [0.2, 0.25) is 11.8 Å². The molecule has 1 rings (SSSR count). The topological polar surface area (TPSA) is 75.7 Å². The van der Waals surface area contributed by atoms with E-state index < -0.39 is 28.8 Å². The van der Waals surface area contributed by atoms with E-state index in [0.717, 1.165) is 5.56 Å². The quantitative estimate of drug-likeness (QED) is 0.222. The van der Waals surface area contributed by atoms with Gasteiger partial charge >= 0.3 is 5.97 Å². The number of esters is 1. The fraction of sp³-hybridized carbons (Fsp3) is 0.581. The molecule has 0 aromatic heterocycles. The molecule has 0 unspecified atom stereocenters. The summed E-state index contributed by atoms with van der Waals surface area (Å²) in [6, 6.07) is 8.83. The first-order valence-electron chi connectivity index (χ1n) is 13.2. The van der Waals surface area contributed by atoms with E-state index in [0.29, 0.717) is 12.0 Å². The maximum absolute atomic E-state index is 13.9. The van der Waals surface area contributed by atoms with Gasteiger partial charge in [-0.15, -0.1) is 6.58 Å². The molecule has 0 saturated carbocycles. The van der Waals surface area contributed by atoms with E-state index >= 15 is 0 Å². The fourth-order valence-corrected chi connectivity index (χ4v) is 4.53. The summed E-state index contributed by atoms with van der Waals surface area (Å²) in [6.45, 7) is 21.5. The molecule has 6 nitrogen and oxygen atoms in total. The summed E-state index contributed by atoms with van der Waals surface area (Å²) in [5.41, 5.74) is 0.481. The zero-order chi connectivity index (χ0) is 28.6. The highest BCUT2D eigenvalue weighted by molar-refractivity contribution is 5.91. The predicted molar refractivity (Wildman–Crippen MR) is 151 cm³/mol. The summed E-state index contributed by atoms with van der Waals surface area (Å²) < 4.78 is 5.12. The van der Waals surface area contributed by atoms with Gasteiger partial charge in [-0.25, -0.2) is 4.79 Å². The lowest BCUT2D eigenvalue weighted by Gasteiger charge is -2.40. The van der Waals surface area contributed by atoms with Crippen molar-refractivity contribution in [1.82, 2.24) is 10.2 Å². The molecular weight excluding hydrogens is 464 g/mol. The van der Waals surface area contributed by atoms with E-state index in [9.17, 15) is 14.4 Å². The third-order valence-electron chi connectivity index (χ3n) is 7.00. The van der Waals surface area contributed by atoms with Crippen LogP contribution in [0.2, 0.25) is 0 Å². The van der Waals surface area contributed by atoms with E-state index in [4.69, 9.17) is 4.74 Å². The van der Waals surface area contributed by atoms with Crippen LogP contribution in [-0.4, -0.2) is 48.4 Å². The molecule has 0 aliphatic carbocycles. The van der Waals surface area contributed by atoms with Crippen molar-refractivity contribution < 1.29 is 19.1 Å².